The van der Waals surface area contributed by atoms with Crippen LogP contribution in [0.25, 0.3) is 22.6 Å². The largest absolute Gasteiger partial charge is 1.00 e. The molecule has 1 aliphatic rings. The minimum absolute atomic E-state index is 0. The van der Waals surface area contributed by atoms with Crippen LogP contribution in [0, 0.1) is 6.92 Å². The number of nitrogens with zero attached hydrogens (tertiary/aromatic N) is 2. The summed E-state index contributed by atoms with van der Waals surface area (Å²) in [5.74, 6) is -0.885. The summed E-state index contributed by atoms with van der Waals surface area (Å²) in [5.41, 5.74) is 5.10. The van der Waals surface area contributed by atoms with E-state index in [0.29, 0.717) is 17.5 Å². The van der Waals surface area contributed by atoms with Crippen molar-refractivity contribution in [1.82, 2.24) is 9.88 Å². The number of halogens is 1. The fourth-order valence-corrected chi connectivity index (χ4v) is 4.42. The molecule has 0 spiro atoms. The van der Waals surface area contributed by atoms with E-state index in [1.54, 1.807) is 11.3 Å². The summed E-state index contributed by atoms with van der Waals surface area (Å²) in [7, 11) is 0. The number of thiophene rings is 1. The Bertz CT molecular complexity index is 1040. The predicted molar refractivity (Wildman–Crippen MR) is 107 cm³/mol. The summed E-state index contributed by atoms with van der Waals surface area (Å²) in [6.45, 7) is 6.47. The molecule has 27 heavy (non-hydrogen) atoms. The molecule has 4 rings (SSSR count). The van der Waals surface area contributed by atoms with Crippen LogP contribution in [-0.4, -0.2) is 34.0 Å². The standard InChI is InChI=1S/C21H20N2O2S.ClH/c1-3-23-11-14(10-18-13(2)8-9-26-18)20-16(12-23)19(21(24)25)15-6-4-5-7-17(15)22-20;/h4-10H,3,11-12H2,1-2H3,(H,24,25);1H/p-1/b14-10-;. The van der Waals surface area contributed by atoms with E-state index in [4.69, 9.17) is 4.98 Å². The number of carbonyl (C=O) groups is 1. The summed E-state index contributed by atoms with van der Waals surface area (Å²) < 4.78 is 0. The molecule has 0 saturated carbocycles. The van der Waals surface area contributed by atoms with Gasteiger partial charge in [-0.25, -0.2) is 9.78 Å². The Labute approximate surface area is 168 Å². The van der Waals surface area contributed by atoms with Crippen molar-refractivity contribution in [1.29, 1.82) is 0 Å². The van der Waals surface area contributed by atoms with Crippen molar-refractivity contribution >= 4 is 39.9 Å². The van der Waals surface area contributed by atoms with E-state index in [0.717, 1.165) is 35.4 Å². The highest BCUT2D eigenvalue weighted by atomic mass is 35.5. The fourth-order valence-electron chi connectivity index (χ4n) is 3.54. The van der Waals surface area contributed by atoms with Crippen LogP contribution >= 0.6 is 11.3 Å². The molecule has 1 aromatic carbocycles. The number of hydrogen-bond donors (Lipinski definition) is 1. The van der Waals surface area contributed by atoms with Crippen molar-refractivity contribution in [3.63, 3.8) is 0 Å². The molecule has 3 heterocycles. The summed E-state index contributed by atoms with van der Waals surface area (Å²) in [6.07, 6.45) is 2.17. The number of fused-ring (bicyclic) bond motifs is 2. The second-order valence-corrected chi connectivity index (χ2v) is 7.52. The molecule has 0 saturated heterocycles. The molecule has 0 radical (unpaired) electrons. The molecule has 0 aliphatic carbocycles. The molecule has 0 amide bonds. The third-order valence-corrected chi connectivity index (χ3v) is 5.91. The lowest BCUT2D eigenvalue weighted by Crippen LogP contribution is -3.00. The second-order valence-electron chi connectivity index (χ2n) is 6.58. The number of pyridine rings is 1. The molecule has 1 aliphatic heterocycles. The van der Waals surface area contributed by atoms with Gasteiger partial charge >= 0.3 is 5.97 Å². The number of carboxylic acid groups (broad SMARTS) is 1. The van der Waals surface area contributed by atoms with Crippen molar-refractivity contribution in [2.75, 3.05) is 13.1 Å². The molecule has 3 aromatic rings. The number of aromatic nitrogens is 1. The maximum absolute atomic E-state index is 12.1. The van der Waals surface area contributed by atoms with Gasteiger partial charge in [-0.1, -0.05) is 25.1 Å². The fraction of sp³-hybridized carbons (Fsp3) is 0.238. The highest BCUT2D eigenvalue weighted by molar-refractivity contribution is 7.11. The van der Waals surface area contributed by atoms with E-state index in [2.05, 4.69) is 36.3 Å². The topological polar surface area (TPSA) is 53.4 Å². The number of likely N-dealkylation sites (N-methyl/N-ethyl adjacent to an activating group) is 1. The summed E-state index contributed by atoms with van der Waals surface area (Å²) in [6, 6.07) is 9.62. The minimum Gasteiger partial charge on any atom is -1.00 e. The van der Waals surface area contributed by atoms with Gasteiger partial charge in [-0.05, 0) is 48.2 Å². The van der Waals surface area contributed by atoms with E-state index >= 15 is 0 Å². The van der Waals surface area contributed by atoms with Gasteiger partial charge in [-0.2, -0.15) is 0 Å². The van der Waals surface area contributed by atoms with Gasteiger partial charge < -0.3 is 17.5 Å². The monoisotopic (exact) mass is 399 g/mol. The van der Waals surface area contributed by atoms with E-state index in [1.165, 1.54) is 10.4 Å². The molecule has 4 nitrogen and oxygen atoms in total. The SMILES string of the molecule is CCN1C/C(=C/c2sccc2C)c2nc3ccccc3c(C(=O)O)c2C1.[Cl-]. The maximum Gasteiger partial charge on any atom is 0.336 e. The summed E-state index contributed by atoms with van der Waals surface area (Å²) in [5, 5.41) is 12.7. The normalized spacial score (nSPS) is 15.6. The Morgan fingerprint density at radius 1 is 1.30 bits per heavy atom. The third-order valence-electron chi connectivity index (χ3n) is 4.94. The van der Waals surface area contributed by atoms with Crippen LogP contribution in [0.1, 0.15) is 39.0 Å². The van der Waals surface area contributed by atoms with Crippen LogP contribution < -0.4 is 12.4 Å². The molecule has 0 unspecified atom stereocenters. The van der Waals surface area contributed by atoms with Gasteiger partial charge in [0.2, 0.25) is 0 Å². The summed E-state index contributed by atoms with van der Waals surface area (Å²) >= 11 is 1.70. The predicted octanol–water partition coefficient (Wildman–Crippen LogP) is 1.68. The number of carboxylic acids is 1. The first-order valence-electron chi connectivity index (χ1n) is 8.70. The number of hydrogen-bond acceptors (Lipinski definition) is 4. The van der Waals surface area contributed by atoms with Crippen molar-refractivity contribution in [3.8, 4) is 0 Å². The molecule has 0 bridgehead atoms. The number of aryl methyl sites for hydroxylation is 1. The van der Waals surface area contributed by atoms with Crippen molar-refractivity contribution in [3.05, 3.63) is 63.0 Å². The van der Waals surface area contributed by atoms with Crippen LogP contribution in [0.5, 0.6) is 0 Å². The van der Waals surface area contributed by atoms with Gasteiger partial charge in [0, 0.05) is 28.9 Å². The lowest BCUT2D eigenvalue weighted by molar-refractivity contribution is -0.0000209. The average molecular weight is 400 g/mol. The van der Waals surface area contributed by atoms with E-state index in [9.17, 15) is 9.90 Å². The van der Waals surface area contributed by atoms with Crippen molar-refractivity contribution in [2.24, 2.45) is 0 Å². The Balaban J connectivity index is 0.00000210. The number of rotatable bonds is 3. The van der Waals surface area contributed by atoms with E-state index in [-0.39, 0.29) is 12.4 Å². The molecule has 0 fully saturated rings. The third kappa shape index (κ3) is 3.50. The first kappa shape index (κ1) is 19.5. The Morgan fingerprint density at radius 3 is 2.74 bits per heavy atom. The zero-order valence-electron chi connectivity index (χ0n) is 15.2. The molecular formula is C21H20ClN2O2S-. The molecule has 6 heteroatoms. The highest BCUT2D eigenvalue weighted by Crippen LogP contribution is 2.34. The van der Waals surface area contributed by atoms with Gasteiger partial charge in [0.25, 0.3) is 0 Å². The number of benzene rings is 1. The number of aromatic carboxylic acids is 1. The minimum atomic E-state index is -0.885. The Morgan fingerprint density at radius 2 is 2.07 bits per heavy atom. The van der Waals surface area contributed by atoms with Crippen LogP contribution in [0.4, 0.5) is 0 Å². The zero-order chi connectivity index (χ0) is 18.3. The number of para-hydroxylation sites is 1. The molecule has 140 valence electrons. The van der Waals surface area contributed by atoms with Gasteiger partial charge in [0.1, 0.15) is 0 Å². The Kier molecular flexibility index (Phi) is 5.65. The maximum atomic E-state index is 12.1. The van der Waals surface area contributed by atoms with Crippen LogP contribution in [0.3, 0.4) is 0 Å². The summed E-state index contributed by atoms with van der Waals surface area (Å²) in [4.78, 5) is 20.4. The first-order valence-corrected chi connectivity index (χ1v) is 9.58. The van der Waals surface area contributed by atoms with Crippen molar-refractivity contribution < 1.29 is 22.3 Å². The van der Waals surface area contributed by atoms with E-state index in [1.807, 2.05) is 24.3 Å². The van der Waals surface area contributed by atoms with Crippen LogP contribution in [0.2, 0.25) is 0 Å². The molecule has 1 N–H and O–H groups in total. The van der Waals surface area contributed by atoms with Gasteiger partial charge in [-0.15, -0.1) is 11.3 Å². The van der Waals surface area contributed by atoms with Gasteiger partial charge in [-0.3, -0.25) is 4.90 Å². The van der Waals surface area contributed by atoms with Crippen molar-refractivity contribution in [2.45, 2.75) is 20.4 Å². The highest BCUT2D eigenvalue weighted by Gasteiger charge is 2.28. The van der Waals surface area contributed by atoms with Gasteiger partial charge in [0.05, 0.1) is 16.8 Å². The quantitative estimate of drug-likeness (QED) is 0.728. The van der Waals surface area contributed by atoms with Crippen LogP contribution in [-0.2, 0) is 6.54 Å². The van der Waals surface area contributed by atoms with Crippen LogP contribution in [0.15, 0.2) is 35.7 Å². The first-order chi connectivity index (χ1) is 12.6. The average Bonchev–Trinajstić information content (AvgIpc) is 3.04. The zero-order valence-corrected chi connectivity index (χ0v) is 16.8. The lowest BCUT2D eigenvalue weighted by atomic mass is 9.92. The van der Waals surface area contributed by atoms with E-state index < -0.39 is 5.97 Å². The molecule has 2 aromatic heterocycles. The molecular weight excluding hydrogens is 380 g/mol. The Hall–Kier alpha value is -2.21. The smallest absolute Gasteiger partial charge is 0.336 e. The second kappa shape index (κ2) is 7.80. The molecule has 0 atom stereocenters. The van der Waals surface area contributed by atoms with Gasteiger partial charge in [0.15, 0.2) is 0 Å². The lowest BCUT2D eigenvalue weighted by Gasteiger charge is -2.30.